The number of anilines is 1. The lowest BCUT2D eigenvalue weighted by Crippen LogP contribution is -2.13. The molecule has 0 aliphatic carbocycles. The fraction of sp³-hybridized carbons (Fsp3) is 0.167. The predicted molar refractivity (Wildman–Crippen MR) is 63.4 cm³/mol. The molecule has 1 heterocycles. The van der Waals surface area contributed by atoms with Crippen molar-refractivity contribution in [2.45, 2.75) is 6.61 Å². The highest BCUT2D eigenvalue weighted by atomic mass is 19.1. The second kappa shape index (κ2) is 5.31. The number of carbonyl (C=O) groups is 1. The summed E-state index contributed by atoms with van der Waals surface area (Å²) >= 11 is 0. The third-order valence-corrected chi connectivity index (χ3v) is 2.23. The predicted octanol–water partition coefficient (Wildman–Crippen LogP) is 2.31. The van der Waals surface area contributed by atoms with E-state index in [1.54, 1.807) is 7.05 Å². The van der Waals surface area contributed by atoms with Crippen LogP contribution in [0.15, 0.2) is 36.5 Å². The minimum absolute atomic E-state index is 0.00411. The molecule has 5 nitrogen and oxygen atoms in total. The Morgan fingerprint density at radius 2 is 2.17 bits per heavy atom. The first-order chi connectivity index (χ1) is 8.65. The van der Waals surface area contributed by atoms with Crippen molar-refractivity contribution in [2.24, 2.45) is 7.05 Å². The van der Waals surface area contributed by atoms with E-state index in [1.807, 2.05) is 30.3 Å². The third kappa shape index (κ3) is 3.07. The number of carbonyl (C=O) groups excluding carboxylic acids is 1. The minimum Gasteiger partial charge on any atom is -0.444 e. The molecule has 1 aromatic carbocycles. The maximum Gasteiger partial charge on any atom is 0.412 e. The second-order valence-corrected chi connectivity index (χ2v) is 3.69. The van der Waals surface area contributed by atoms with Gasteiger partial charge in [-0.25, -0.2) is 4.79 Å². The average Bonchev–Trinajstić information content (AvgIpc) is 2.67. The Morgan fingerprint density at radius 3 is 2.78 bits per heavy atom. The Morgan fingerprint density at radius 1 is 1.44 bits per heavy atom. The molecule has 6 heteroatoms. The van der Waals surface area contributed by atoms with E-state index < -0.39 is 12.0 Å². The van der Waals surface area contributed by atoms with E-state index in [-0.39, 0.29) is 12.3 Å². The number of rotatable bonds is 3. The summed E-state index contributed by atoms with van der Waals surface area (Å²) in [6.07, 6.45) is 0.643. The molecule has 0 bridgehead atoms. The summed E-state index contributed by atoms with van der Waals surface area (Å²) in [7, 11) is 1.56. The molecule has 0 aliphatic heterocycles. The molecule has 0 radical (unpaired) electrons. The van der Waals surface area contributed by atoms with Gasteiger partial charge in [0.15, 0.2) is 0 Å². The lowest BCUT2D eigenvalue weighted by Gasteiger charge is -2.05. The van der Waals surface area contributed by atoms with E-state index in [0.29, 0.717) is 0 Å². The van der Waals surface area contributed by atoms with E-state index in [4.69, 9.17) is 4.74 Å². The van der Waals surface area contributed by atoms with E-state index >= 15 is 0 Å². The van der Waals surface area contributed by atoms with E-state index in [2.05, 4.69) is 10.4 Å². The maximum absolute atomic E-state index is 13.1. The van der Waals surface area contributed by atoms with Crippen LogP contribution in [0.25, 0.3) is 0 Å². The SMILES string of the molecule is Cn1cc(NC(=O)OCc2ccccc2)c(F)n1. The highest BCUT2D eigenvalue weighted by Crippen LogP contribution is 2.11. The van der Waals surface area contributed by atoms with Gasteiger partial charge in [0.1, 0.15) is 12.3 Å². The molecule has 18 heavy (non-hydrogen) atoms. The molecule has 0 saturated heterocycles. The number of nitrogens with one attached hydrogen (secondary N) is 1. The number of aromatic nitrogens is 2. The largest absolute Gasteiger partial charge is 0.444 e. The van der Waals surface area contributed by atoms with Gasteiger partial charge in [0.2, 0.25) is 0 Å². The quantitative estimate of drug-likeness (QED) is 0.908. The fourth-order valence-electron chi connectivity index (χ4n) is 1.41. The normalized spacial score (nSPS) is 10.1. The summed E-state index contributed by atoms with van der Waals surface area (Å²) in [5, 5.41) is 5.74. The summed E-state index contributed by atoms with van der Waals surface area (Å²) in [6, 6.07) is 9.22. The minimum atomic E-state index is -0.742. The molecule has 0 spiro atoms. The first kappa shape index (κ1) is 12.1. The number of halogens is 1. The number of aryl methyl sites for hydroxylation is 1. The number of nitrogens with zero attached hydrogens (tertiary/aromatic N) is 2. The van der Waals surface area contributed by atoms with E-state index in [9.17, 15) is 9.18 Å². The molecule has 0 aliphatic rings. The summed E-state index contributed by atoms with van der Waals surface area (Å²) in [4.78, 5) is 11.4. The van der Waals surface area contributed by atoms with Gasteiger partial charge in [0.05, 0.1) is 6.20 Å². The van der Waals surface area contributed by atoms with Gasteiger partial charge < -0.3 is 4.74 Å². The molecule has 94 valence electrons. The summed E-state index contributed by atoms with van der Waals surface area (Å²) in [6.45, 7) is 0.133. The van der Waals surface area contributed by atoms with Crippen molar-refractivity contribution in [2.75, 3.05) is 5.32 Å². The van der Waals surface area contributed by atoms with Gasteiger partial charge in [-0.05, 0) is 5.56 Å². The molecule has 0 fully saturated rings. The van der Waals surface area contributed by atoms with Crippen molar-refractivity contribution >= 4 is 11.8 Å². The van der Waals surface area contributed by atoms with Crippen LogP contribution < -0.4 is 5.32 Å². The van der Waals surface area contributed by atoms with E-state index in [0.717, 1.165) is 5.56 Å². The topological polar surface area (TPSA) is 56.2 Å². The highest BCUT2D eigenvalue weighted by molar-refractivity contribution is 5.84. The second-order valence-electron chi connectivity index (χ2n) is 3.69. The van der Waals surface area contributed by atoms with Gasteiger partial charge in [0, 0.05) is 7.05 Å². The monoisotopic (exact) mass is 249 g/mol. The standard InChI is InChI=1S/C12H12FN3O2/c1-16-7-10(11(13)15-16)14-12(17)18-8-9-5-3-2-4-6-9/h2-7H,8H2,1H3,(H,14,17). The summed E-state index contributed by atoms with van der Waals surface area (Å²) < 4.78 is 19.3. The van der Waals surface area contributed by atoms with Crippen molar-refractivity contribution < 1.29 is 13.9 Å². The van der Waals surface area contributed by atoms with Crippen LogP contribution >= 0.6 is 0 Å². The third-order valence-electron chi connectivity index (χ3n) is 2.23. The van der Waals surface area contributed by atoms with Crippen molar-refractivity contribution in [1.82, 2.24) is 9.78 Å². The summed E-state index contributed by atoms with van der Waals surface area (Å²) in [5.41, 5.74) is 0.856. The van der Waals surface area contributed by atoms with Crippen LogP contribution in [0.2, 0.25) is 0 Å². The molecule has 2 aromatic rings. The Hall–Kier alpha value is -2.37. The average molecular weight is 249 g/mol. The maximum atomic E-state index is 13.1. The number of hydrogen-bond acceptors (Lipinski definition) is 3. The molecular formula is C12H12FN3O2. The van der Waals surface area contributed by atoms with Crippen LogP contribution in [0.1, 0.15) is 5.56 Å². The zero-order valence-electron chi connectivity index (χ0n) is 9.76. The molecule has 1 amide bonds. The summed E-state index contributed by atoms with van der Waals surface area (Å²) in [5.74, 6) is -0.742. The van der Waals surface area contributed by atoms with Gasteiger partial charge in [-0.15, -0.1) is 5.10 Å². The molecule has 0 atom stereocenters. The molecule has 0 saturated carbocycles. The lowest BCUT2D eigenvalue weighted by molar-refractivity contribution is 0.155. The van der Waals surface area contributed by atoms with Gasteiger partial charge in [0.25, 0.3) is 5.95 Å². The Labute approximate surface area is 103 Å². The number of amides is 1. The highest BCUT2D eigenvalue weighted by Gasteiger charge is 2.11. The first-order valence-corrected chi connectivity index (χ1v) is 5.32. The Bertz CT molecular complexity index is 540. The zero-order valence-corrected chi connectivity index (χ0v) is 9.76. The van der Waals surface area contributed by atoms with Crippen LogP contribution in [0.4, 0.5) is 14.9 Å². The number of ether oxygens (including phenoxy) is 1. The van der Waals surface area contributed by atoms with Crippen LogP contribution in [0.3, 0.4) is 0 Å². The number of hydrogen-bond donors (Lipinski definition) is 1. The van der Waals surface area contributed by atoms with Crippen molar-refractivity contribution in [3.63, 3.8) is 0 Å². The molecule has 1 aromatic heterocycles. The molecule has 0 unspecified atom stereocenters. The van der Waals surface area contributed by atoms with Gasteiger partial charge >= 0.3 is 6.09 Å². The van der Waals surface area contributed by atoms with Crippen molar-refractivity contribution in [3.8, 4) is 0 Å². The number of benzene rings is 1. The van der Waals surface area contributed by atoms with Crippen LogP contribution in [0, 0.1) is 5.95 Å². The smallest absolute Gasteiger partial charge is 0.412 e. The Balaban J connectivity index is 1.88. The van der Waals surface area contributed by atoms with Crippen molar-refractivity contribution in [1.29, 1.82) is 0 Å². The molecular weight excluding hydrogens is 237 g/mol. The van der Waals surface area contributed by atoms with Gasteiger partial charge in [-0.3, -0.25) is 10.00 Å². The lowest BCUT2D eigenvalue weighted by atomic mass is 10.2. The molecule has 1 N–H and O–H groups in total. The Kier molecular flexibility index (Phi) is 3.57. The van der Waals surface area contributed by atoms with Crippen LogP contribution in [0.5, 0.6) is 0 Å². The first-order valence-electron chi connectivity index (χ1n) is 5.32. The van der Waals surface area contributed by atoms with Crippen LogP contribution in [-0.2, 0) is 18.4 Å². The van der Waals surface area contributed by atoms with E-state index in [1.165, 1.54) is 10.9 Å². The zero-order chi connectivity index (χ0) is 13.0. The van der Waals surface area contributed by atoms with Gasteiger partial charge in [-0.1, -0.05) is 30.3 Å². The molecule has 2 rings (SSSR count). The van der Waals surface area contributed by atoms with Gasteiger partial charge in [-0.2, -0.15) is 4.39 Å². The van der Waals surface area contributed by atoms with Crippen LogP contribution in [-0.4, -0.2) is 15.9 Å². The fourth-order valence-corrected chi connectivity index (χ4v) is 1.41. The van der Waals surface area contributed by atoms with Crippen molar-refractivity contribution in [3.05, 3.63) is 48.0 Å².